The maximum Gasteiger partial charge on any atom is 0.124 e. The van der Waals surface area contributed by atoms with Gasteiger partial charge in [-0.15, -0.1) is 0 Å². The summed E-state index contributed by atoms with van der Waals surface area (Å²) in [6, 6.07) is 9.66. The normalized spacial score (nSPS) is 29.0. The van der Waals surface area contributed by atoms with E-state index in [-0.39, 0.29) is 0 Å². The van der Waals surface area contributed by atoms with E-state index in [0.717, 1.165) is 18.7 Å². The molecule has 0 N–H and O–H groups in total. The molecule has 2 unspecified atom stereocenters. The van der Waals surface area contributed by atoms with Gasteiger partial charge in [-0.25, -0.2) is 0 Å². The molecule has 2 heterocycles. The summed E-state index contributed by atoms with van der Waals surface area (Å²) in [5.74, 6) is 1.10. The van der Waals surface area contributed by atoms with Crippen LogP contribution < -0.4 is 4.74 Å². The van der Waals surface area contributed by atoms with Crippen molar-refractivity contribution in [3.05, 3.63) is 29.8 Å². The molecule has 1 aromatic carbocycles. The second-order valence-electron chi connectivity index (χ2n) is 4.82. The van der Waals surface area contributed by atoms with Gasteiger partial charge in [0.15, 0.2) is 0 Å². The molecule has 0 radical (unpaired) electrons. The van der Waals surface area contributed by atoms with Gasteiger partial charge in [-0.05, 0) is 19.9 Å². The third kappa shape index (κ3) is 1.36. The molecule has 3 rings (SSSR count). The summed E-state index contributed by atoms with van der Waals surface area (Å²) in [5.41, 5.74) is 1.37. The van der Waals surface area contributed by atoms with E-state index in [1.807, 2.05) is 0 Å². The van der Waals surface area contributed by atoms with Crippen LogP contribution in [-0.4, -0.2) is 23.6 Å². The van der Waals surface area contributed by atoms with E-state index in [1.54, 1.807) is 0 Å². The maximum absolute atomic E-state index is 5.96. The van der Waals surface area contributed by atoms with E-state index in [0.29, 0.717) is 18.2 Å². The van der Waals surface area contributed by atoms with Crippen molar-refractivity contribution in [1.29, 1.82) is 0 Å². The number of hydrogen-bond acceptors (Lipinski definition) is 2. The van der Waals surface area contributed by atoms with Crippen LogP contribution >= 0.6 is 0 Å². The van der Waals surface area contributed by atoms with Gasteiger partial charge in [0.1, 0.15) is 11.9 Å². The summed E-state index contributed by atoms with van der Waals surface area (Å²) >= 11 is 0. The fourth-order valence-electron chi connectivity index (χ4n) is 2.83. The number of ether oxygens (including phenoxy) is 1. The van der Waals surface area contributed by atoms with Crippen LogP contribution in [0.15, 0.2) is 24.3 Å². The third-order valence-corrected chi connectivity index (χ3v) is 3.54. The minimum atomic E-state index is 0.410. The Morgan fingerprint density at radius 1 is 1.33 bits per heavy atom. The van der Waals surface area contributed by atoms with Crippen molar-refractivity contribution in [1.82, 2.24) is 4.90 Å². The molecule has 0 spiro atoms. The Hall–Kier alpha value is -1.02. The molecule has 1 aromatic rings. The zero-order valence-corrected chi connectivity index (χ0v) is 9.31. The molecule has 2 aliphatic rings. The van der Waals surface area contributed by atoms with Gasteiger partial charge in [-0.3, -0.25) is 4.90 Å². The first kappa shape index (κ1) is 9.22. The van der Waals surface area contributed by atoms with E-state index >= 15 is 0 Å². The van der Waals surface area contributed by atoms with Gasteiger partial charge in [0.25, 0.3) is 0 Å². The van der Waals surface area contributed by atoms with Crippen LogP contribution in [0.25, 0.3) is 0 Å². The molecule has 1 fully saturated rings. The van der Waals surface area contributed by atoms with Crippen LogP contribution in [0.2, 0.25) is 0 Å². The molecule has 0 aliphatic carbocycles. The lowest BCUT2D eigenvalue weighted by Crippen LogP contribution is -2.30. The number of nitrogens with zero attached hydrogens (tertiary/aromatic N) is 1. The van der Waals surface area contributed by atoms with Crippen LogP contribution in [0.3, 0.4) is 0 Å². The topological polar surface area (TPSA) is 12.5 Å². The average molecular weight is 203 g/mol. The van der Waals surface area contributed by atoms with Gasteiger partial charge in [0.2, 0.25) is 0 Å². The van der Waals surface area contributed by atoms with Crippen molar-refractivity contribution in [3.63, 3.8) is 0 Å². The lowest BCUT2D eigenvalue weighted by Gasteiger charge is -2.29. The van der Waals surface area contributed by atoms with Crippen molar-refractivity contribution >= 4 is 0 Å². The van der Waals surface area contributed by atoms with Gasteiger partial charge >= 0.3 is 0 Å². The maximum atomic E-state index is 5.96. The van der Waals surface area contributed by atoms with Gasteiger partial charge in [0.05, 0.1) is 0 Å². The van der Waals surface area contributed by atoms with E-state index < -0.39 is 0 Å². The Morgan fingerprint density at radius 2 is 2.13 bits per heavy atom. The Morgan fingerprint density at radius 3 is 2.93 bits per heavy atom. The quantitative estimate of drug-likeness (QED) is 0.695. The van der Waals surface area contributed by atoms with Crippen LogP contribution in [-0.2, 0) is 0 Å². The molecule has 2 aliphatic heterocycles. The second kappa shape index (κ2) is 3.24. The highest BCUT2D eigenvalue weighted by Gasteiger charge is 2.40. The minimum absolute atomic E-state index is 0.410. The Bertz CT molecular complexity index is 375. The Balaban J connectivity index is 2.02. The summed E-state index contributed by atoms with van der Waals surface area (Å²) in [6.45, 7) is 5.61. The molecule has 2 nitrogen and oxygen atoms in total. The summed E-state index contributed by atoms with van der Waals surface area (Å²) in [4.78, 5) is 2.55. The van der Waals surface area contributed by atoms with Gasteiger partial charge in [-0.1, -0.05) is 18.2 Å². The Kier molecular flexibility index (Phi) is 1.99. The van der Waals surface area contributed by atoms with Crippen molar-refractivity contribution < 1.29 is 4.74 Å². The van der Waals surface area contributed by atoms with Gasteiger partial charge in [-0.2, -0.15) is 0 Å². The number of para-hydroxylation sites is 1. The van der Waals surface area contributed by atoms with Crippen molar-refractivity contribution in [2.24, 2.45) is 0 Å². The first-order valence-corrected chi connectivity index (χ1v) is 5.77. The fraction of sp³-hybridized carbons (Fsp3) is 0.538. The number of benzene rings is 1. The van der Waals surface area contributed by atoms with Crippen molar-refractivity contribution in [2.45, 2.75) is 38.5 Å². The van der Waals surface area contributed by atoms with Gasteiger partial charge < -0.3 is 4.74 Å². The van der Waals surface area contributed by atoms with Crippen molar-refractivity contribution in [2.75, 3.05) is 6.54 Å². The summed E-state index contributed by atoms with van der Waals surface area (Å²) in [7, 11) is 0. The molecular weight excluding hydrogens is 186 g/mol. The first-order chi connectivity index (χ1) is 7.25. The third-order valence-electron chi connectivity index (χ3n) is 3.54. The SMILES string of the molecule is CC(C)N1CC2CC1c1ccccc1O2. The van der Waals surface area contributed by atoms with Crippen LogP contribution in [0, 0.1) is 0 Å². The highest BCUT2D eigenvalue weighted by atomic mass is 16.5. The summed E-state index contributed by atoms with van der Waals surface area (Å²) < 4.78 is 5.96. The lowest BCUT2D eigenvalue weighted by molar-refractivity contribution is 0.192. The monoisotopic (exact) mass is 203 g/mol. The van der Waals surface area contributed by atoms with Crippen LogP contribution in [0.1, 0.15) is 31.9 Å². The molecule has 0 aromatic heterocycles. The molecule has 2 atom stereocenters. The molecule has 2 heteroatoms. The molecule has 0 amide bonds. The first-order valence-electron chi connectivity index (χ1n) is 5.77. The van der Waals surface area contributed by atoms with E-state index in [2.05, 4.69) is 43.0 Å². The molecular formula is C13H17NO. The predicted octanol–water partition coefficient (Wildman–Crippen LogP) is 2.60. The van der Waals surface area contributed by atoms with E-state index in [4.69, 9.17) is 4.74 Å². The number of likely N-dealkylation sites (tertiary alicyclic amines) is 1. The van der Waals surface area contributed by atoms with Crippen LogP contribution in [0.4, 0.5) is 0 Å². The number of rotatable bonds is 1. The molecule has 2 bridgehead atoms. The zero-order chi connectivity index (χ0) is 10.4. The highest BCUT2D eigenvalue weighted by molar-refractivity contribution is 5.39. The zero-order valence-electron chi connectivity index (χ0n) is 9.31. The van der Waals surface area contributed by atoms with E-state index in [1.165, 1.54) is 5.56 Å². The number of hydrogen-bond donors (Lipinski definition) is 0. The minimum Gasteiger partial charge on any atom is -0.489 e. The largest absolute Gasteiger partial charge is 0.489 e. The fourth-order valence-corrected chi connectivity index (χ4v) is 2.83. The smallest absolute Gasteiger partial charge is 0.124 e. The van der Waals surface area contributed by atoms with Crippen molar-refractivity contribution in [3.8, 4) is 5.75 Å². The van der Waals surface area contributed by atoms with E-state index in [9.17, 15) is 0 Å². The molecule has 80 valence electrons. The number of fused-ring (bicyclic) bond motifs is 4. The highest BCUT2D eigenvalue weighted by Crippen LogP contribution is 2.43. The second-order valence-corrected chi connectivity index (χ2v) is 4.82. The van der Waals surface area contributed by atoms with Gasteiger partial charge in [0, 0.05) is 30.6 Å². The molecule has 0 saturated carbocycles. The summed E-state index contributed by atoms with van der Waals surface area (Å²) in [5, 5.41) is 0. The molecule has 1 saturated heterocycles. The predicted molar refractivity (Wildman–Crippen MR) is 60.1 cm³/mol. The summed E-state index contributed by atoms with van der Waals surface area (Å²) in [6.07, 6.45) is 1.57. The van der Waals surface area contributed by atoms with Crippen LogP contribution in [0.5, 0.6) is 5.75 Å². The lowest BCUT2D eigenvalue weighted by atomic mass is 10.00. The Labute approximate surface area is 90.8 Å². The average Bonchev–Trinajstić information content (AvgIpc) is 2.57. The standard InChI is InChI=1S/C13H17NO/c1-9(2)14-8-10-7-12(14)11-5-3-4-6-13(11)15-10/h3-6,9-10,12H,7-8H2,1-2H3. The molecule has 15 heavy (non-hydrogen) atoms.